The van der Waals surface area contributed by atoms with E-state index >= 15 is 0 Å². The summed E-state index contributed by atoms with van der Waals surface area (Å²) in [6, 6.07) is 1.96. The molecule has 58 valence electrons. The minimum Gasteiger partial charge on any atom is -0.297 e. The molecule has 1 heterocycles. The van der Waals surface area contributed by atoms with Gasteiger partial charge in [-0.2, -0.15) is 0 Å². The number of carbonyl (C=O) groups is 1. The van der Waals surface area contributed by atoms with Crippen LogP contribution >= 0.6 is 23.1 Å². The maximum atomic E-state index is 10.4. The van der Waals surface area contributed by atoms with Gasteiger partial charge in [-0.3, -0.25) is 4.79 Å². The van der Waals surface area contributed by atoms with Crippen molar-refractivity contribution in [2.24, 2.45) is 0 Å². The smallest absolute Gasteiger partial charge is 0.161 e. The molecule has 0 aromatic carbocycles. The monoisotopic (exact) mass is 184 g/mol. The van der Waals surface area contributed by atoms with Gasteiger partial charge >= 0.3 is 0 Å². The van der Waals surface area contributed by atoms with Crippen molar-refractivity contribution in [3.63, 3.8) is 0 Å². The lowest BCUT2D eigenvalue weighted by Gasteiger charge is -1.92. The first kappa shape index (κ1) is 8.56. The van der Waals surface area contributed by atoms with E-state index in [0.29, 0.717) is 0 Å². The molecule has 0 N–H and O–H groups in total. The number of thioether (sulfide) groups is 1. The molecule has 0 aliphatic heterocycles. The van der Waals surface area contributed by atoms with Crippen molar-refractivity contribution in [3.8, 4) is 0 Å². The zero-order valence-corrected chi connectivity index (χ0v) is 7.58. The first-order chi connectivity index (χ1) is 5.38. The predicted molar refractivity (Wildman–Crippen MR) is 50.6 cm³/mol. The van der Waals surface area contributed by atoms with Crippen LogP contribution in [0.1, 0.15) is 9.67 Å². The molecule has 0 unspecified atom stereocenters. The first-order valence-corrected chi connectivity index (χ1v) is 5.01. The van der Waals surface area contributed by atoms with Gasteiger partial charge in [0.25, 0.3) is 0 Å². The molecule has 0 amide bonds. The number of hydrogen-bond acceptors (Lipinski definition) is 3. The third-order valence-corrected chi connectivity index (χ3v) is 3.16. The van der Waals surface area contributed by atoms with Crippen molar-refractivity contribution in [2.45, 2.75) is 4.90 Å². The highest BCUT2D eigenvalue weighted by Crippen LogP contribution is 2.25. The molecule has 0 radical (unpaired) electrons. The van der Waals surface area contributed by atoms with Crippen LogP contribution in [-0.2, 0) is 0 Å². The summed E-state index contributed by atoms with van der Waals surface area (Å²) in [7, 11) is 0. The Labute approximate surface area is 74.1 Å². The van der Waals surface area contributed by atoms with Gasteiger partial charge in [-0.15, -0.1) is 29.7 Å². The largest absolute Gasteiger partial charge is 0.297 e. The lowest BCUT2D eigenvalue weighted by atomic mass is 10.5. The zero-order valence-electron chi connectivity index (χ0n) is 5.95. The van der Waals surface area contributed by atoms with Crippen LogP contribution in [0.3, 0.4) is 0 Å². The zero-order chi connectivity index (χ0) is 8.10. The van der Waals surface area contributed by atoms with Gasteiger partial charge in [0.2, 0.25) is 0 Å². The molecule has 1 aromatic rings. The minimum absolute atomic E-state index is 0.817. The number of aldehydes is 1. The molecule has 1 nitrogen and oxygen atoms in total. The molecule has 0 saturated carbocycles. The van der Waals surface area contributed by atoms with E-state index in [2.05, 4.69) is 6.58 Å². The fourth-order valence-corrected chi connectivity index (χ4v) is 2.31. The van der Waals surface area contributed by atoms with E-state index in [0.717, 1.165) is 21.8 Å². The Balaban J connectivity index is 2.67. The van der Waals surface area contributed by atoms with Crippen LogP contribution in [0.5, 0.6) is 0 Å². The summed E-state index contributed by atoms with van der Waals surface area (Å²) in [6.45, 7) is 3.61. The second kappa shape index (κ2) is 4.36. The van der Waals surface area contributed by atoms with Crippen LogP contribution in [-0.4, -0.2) is 12.0 Å². The van der Waals surface area contributed by atoms with E-state index in [1.54, 1.807) is 11.8 Å². The van der Waals surface area contributed by atoms with E-state index in [1.165, 1.54) is 11.3 Å². The van der Waals surface area contributed by atoms with Crippen molar-refractivity contribution in [3.05, 3.63) is 29.0 Å². The molecule has 1 aromatic heterocycles. The molecule has 0 saturated heterocycles. The van der Waals surface area contributed by atoms with Crippen LogP contribution in [0, 0.1) is 0 Å². The van der Waals surface area contributed by atoms with Crippen LogP contribution in [0.25, 0.3) is 0 Å². The molecule has 1 rings (SSSR count). The van der Waals surface area contributed by atoms with Crippen LogP contribution < -0.4 is 0 Å². The highest BCUT2D eigenvalue weighted by atomic mass is 32.2. The maximum absolute atomic E-state index is 10.4. The SMILES string of the molecule is C=CCSc1ccsc1C=O. The van der Waals surface area contributed by atoms with Crippen molar-refractivity contribution in [1.82, 2.24) is 0 Å². The van der Waals surface area contributed by atoms with Crippen LogP contribution in [0.4, 0.5) is 0 Å². The second-order valence-electron chi connectivity index (χ2n) is 1.87. The number of hydrogen-bond donors (Lipinski definition) is 0. The second-order valence-corrected chi connectivity index (χ2v) is 3.88. The molecule has 3 heteroatoms. The maximum Gasteiger partial charge on any atom is 0.161 e. The Hall–Kier alpha value is -0.540. The Morgan fingerprint density at radius 2 is 2.55 bits per heavy atom. The molecule has 0 atom stereocenters. The van der Waals surface area contributed by atoms with Crippen molar-refractivity contribution < 1.29 is 4.79 Å². The normalized spacial score (nSPS) is 9.45. The minimum atomic E-state index is 0.817. The van der Waals surface area contributed by atoms with E-state index in [-0.39, 0.29) is 0 Å². The van der Waals surface area contributed by atoms with Gasteiger partial charge in [-0.05, 0) is 11.4 Å². The first-order valence-electron chi connectivity index (χ1n) is 3.15. The Bertz CT molecular complexity index is 252. The number of carbonyl (C=O) groups excluding carboxylic acids is 1. The van der Waals surface area contributed by atoms with Crippen molar-refractivity contribution >= 4 is 29.4 Å². The standard InChI is InChI=1S/C8H8OS2/c1-2-4-10-7-3-5-11-8(7)6-9/h2-3,5-6H,1,4H2. The van der Waals surface area contributed by atoms with Crippen molar-refractivity contribution in [2.75, 3.05) is 5.75 Å². The molecule has 11 heavy (non-hydrogen) atoms. The van der Waals surface area contributed by atoms with Gasteiger partial charge in [0.05, 0.1) is 4.88 Å². The summed E-state index contributed by atoms with van der Waals surface area (Å²) in [6.07, 6.45) is 2.73. The average Bonchev–Trinajstić information content (AvgIpc) is 2.47. The molecular weight excluding hydrogens is 176 g/mol. The fraction of sp³-hybridized carbons (Fsp3) is 0.125. The predicted octanol–water partition coefficient (Wildman–Crippen LogP) is 2.84. The Kier molecular flexibility index (Phi) is 3.39. The van der Waals surface area contributed by atoms with Gasteiger partial charge in [-0.1, -0.05) is 6.08 Å². The van der Waals surface area contributed by atoms with Crippen molar-refractivity contribution in [1.29, 1.82) is 0 Å². The highest BCUT2D eigenvalue weighted by molar-refractivity contribution is 7.99. The Morgan fingerprint density at radius 3 is 3.18 bits per heavy atom. The van der Waals surface area contributed by atoms with Gasteiger partial charge in [0.1, 0.15) is 0 Å². The molecule has 0 aliphatic carbocycles. The molecule has 0 fully saturated rings. The summed E-state index contributed by atoms with van der Waals surface area (Å²) in [5.41, 5.74) is 0. The van der Waals surface area contributed by atoms with Gasteiger partial charge in [-0.25, -0.2) is 0 Å². The summed E-state index contributed by atoms with van der Waals surface area (Å²) >= 11 is 3.12. The van der Waals surface area contributed by atoms with E-state index in [9.17, 15) is 4.79 Å². The third kappa shape index (κ3) is 2.20. The highest BCUT2D eigenvalue weighted by Gasteiger charge is 2.00. The molecule has 0 bridgehead atoms. The van der Waals surface area contributed by atoms with E-state index in [1.807, 2.05) is 17.5 Å². The van der Waals surface area contributed by atoms with Crippen LogP contribution in [0.2, 0.25) is 0 Å². The van der Waals surface area contributed by atoms with Gasteiger partial charge in [0, 0.05) is 10.6 Å². The summed E-state index contributed by atoms with van der Waals surface area (Å²) in [5, 5.41) is 1.93. The summed E-state index contributed by atoms with van der Waals surface area (Å²) in [4.78, 5) is 12.3. The summed E-state index contributed by atoms with van der Waals surface area (Å²) in [5.74, 6) is 0.859. The summed E-state index contributed by atoms with van der Waals surface area (Å²) < 4.78 is 0. The van der Waals surface area contributed by atoms with Gasteiger partial charge in [0.15, 0.2) is 6.29 Å². The van der Waals surface area contributed by atoms with E-state index < -0.39 is 0 Å². The topological polar surface area (TPSA) is 17.1 Å². The van der Waals surface area contributed by atoms with E-state index in [4.69, 9.17) is 0 Å². The number of rotatable bonds is 4. The lowest BCUT2D eigenvalue weighted by Crippen LogP contribution is -1.75. The van der Waals surface area contributed by atoms with Crippen LogP contribution in [0.15, 0.2) is 29.0 Å². The lowest BCUT2D eigenvalue weighted by molar-refractivity contribution is 0.112. The Morgan fingerprint density at radius 1 is 1.73 bits per heavy atom. The fourth-order valence-electron chi connectivity index (χ4n) is 0.663. The molecular formula is C8H8OS2. The number of thiophene rings is 1. The molecule has 0 aliphatic rings. The average molecular weight is 184 g/mol. The molecule has 0 spiro atoms. The third-order valence-electron chi connectivity index (χ3n) is 1.12. The quantitative estimate of drug-likeness (QED) is 0.406. The van der Waals surface area contributed by atoms with Gasteiger partial charge < -0.3 is 0 Å².